The Bertz CT molecular complexity index is 577. The Labute approximate surface area is 144 Å². The second kappa shape index (κ2) is 9.03. The van der Waals surface area contributed by atoms with Gasteiger partial charge in [-0.2, -0.15) is 0 Å². The van der Waals surface area contributed by atoms with Crippen LogP contribution in [0.3, 0.4) is 0 Å². The first-order valence-corrected chi connectivity index (χ1v) is 7.43. The second-order valence-electron chi connectivity index (χ2n) is 5.28. The molecule has 0 bridgehead atoms. The molecule has 9 heteroatoms. The molecule has 138 valence electrons. The summed E-state index contributed by atoms with van der Waals surface area (Å²) in [5, 5.41) is 0. The van der Waals surface area contributed by atoms with Crippen LogP contribution in [0.5, 0.6) is 0 Å². The van der Waals surface area contributed by atoms with Crippen LogP contribution in [0.1, 0.15) is 34.1 Å². The minimum absolute atomic E-state index is 0.0275. The highest BCUT2D eigenvalue weighted by molar-refractivity contribution is 5.69. The van der Waals surface area contributed by atoms with Crippen molar-refractivity contribution >= 4 is 23.9 Å². The van der Waals surface area contributed by atoms with Crippen molar-refractivity contribution in [1.82, 2.24) is 0 Å². The highest BCUT2D eigenvalue weighted by atomic mass is 16.7. The van der Waals surface area contributed by atoms with Gasteiger partial charge in [-0.15, -0.1) is 12.3 Å². The largest absolute Gasteiger partial charge is 0.456 e. The molecule has 1 aliphatic heterocycles. The molecular weight excluding hydrogens is 336 g/mol. The summed E-state index contributed by atoms with van der Waals surface area (Å²) in [5.74, 6) is -0.511. The molecule has 9 nitrogen and oxygen atoms in total. The van der Waals surface area contributed by atoms with Crippen molar-refractivity contribution in [2.75, 3.05) is 0 Å². The number of carbonyl (C=O) groups excluding carboxylic acids is 4. The molecule has 1 aliphatic rings. The lowest BCUT2D eigenvalue weighted by atomic mass is 9.96. The summed E-state index contributed by atoms with van der Waals surface area (Å²) in [6.45, 7) is 4.52. The number of ether oxygens (including phenoxy) is 5. The van der Waals surface area contributed by atoms with E-state index in [4.69, 9.17) is 30.1 Å². The maximum Gasteiger partial charge on any atom is 0.305 e. The SMILES string of the molecule is C#CCC1OC(OC(C)=O)C(OC(C)=O)C(OC(C)=O)C1OC(C)=O. The van der Waals surface area contributed by atoms with Crippen molar-refractivity contribution in [2.24, 2.45) is 0 Å². The molecule has 1 fully saturated rings. The van der Waals surface area contributed by atoms with Gasteiger partial charge in [-0.3, -0.25) is 19.2 Å². The second-order valence-corrected chi connectivity index (χ2v) is 5.28. The lowest BCUT2D eigenvalue weighted by molar-refractivity contribution is -0.294. The average Bonchev–Trinajstić information content (AvgIpc) is 2.45. The molecule has 0 aliphatic carbocycles. The van der Waals surface area contributed by atoms with Crippen LogP contribution in [0.15, 0.2) is 0 Å². The van der Waals surface area contributed by atoms with E-state index in [-0.39, 0.29) is 6.42 Å². The molecule has 0 aromatic carbocycles. The monoisotopic (exact) mass is 356 g/mol. The standard InChI is InChI=1S/C16H20O9/c1-6-7-12-13(21-8(2)17)14(22-9(3)18)15(23-10(4)19)16(25-12)24-11(5)20/h1,12-16H,7H2,2-5H3. The molecule has 0 amide bonds. The van der Waals surface area contributed by atoms with E-state index in [0.717, 1.165) is 27.7 Å². The van der Waals surface area contributed by atoms with Gasteiger partial charge >= 0.3 is 23.9 Å². The van der Waals surface area contributed by atoms with Crippen molar-refractivity contribution < 1.29 is 42.9 Å². The summed E-state index contributed by atoms with van der Waals surface area (Å²) in [5.41, 5.74) is 0. The van der Waals surface area contributed by atoms with Gasteiger partial charge in [0.25, 0.3) is 0 Å². The van der Waals surface area contributed by atoms with Gasteiger partial charge in [0, 0.05) is 34.1 Å². The van der Waals surface area contributed by atoms with Crippen LogP contribution in [0.4, 0.5) is 0 Å². The fraction of sp³-hybridized carbons (Fsp3) is 0.625. The average molecular weight is 356 g/mol. The topological polar surface area (TPSA) is 114 Å². The van der Waals surface area contributed by atoms with Gasteiger partial charge in [-0.25, -0.2) is 0 Å². The fourth-order valence-electron chi connectivity index (χ4n) is 2.39. The molecule has 1 rings (SSSR count). The first-order valence-electron chi connectivity index (χ1n) is 7.43. The summed E-state index contributed by atoms with van der Waals surface area (Å²) >= 11 is 0. The molecule has 0 aromatic heterocycles. The molecule has 1 heterocycles. The van der Waals surface area contributed by atoms with Crippen LogP contribution in [-0.2, 0) is 42.9 Å². The Kier molecular flexibility index (Phi) is 7.39. The highest BCUT2D eigenvalue weighted by Crippen LogP contribution is 2.30. The fourth-order valence-corrected chi connectivity index (χ4v) is 2.39. The maximum atomic E-state index is 11.5. The van der Waals surface area contributed by atoms with E-state index in [2.05, 4.69) is 5.92 Å². The van der Waals surface area contributed by atoms with E-state index >= 15 is 0 Å². The van der Waals surface area contributed by atoms with Crippen LogP contribution in [-0.4, -0.2) is 54.6 Å². The molecule has 5 unspecified atom stereocenters. The summed E-state index contributed by atoms with van der Waals surface area (Å²) in [6.07, 6.45) is -0.789. The molecule has 0 N–H and O–H groups in total. The lowest BCUT2D eigenvalue weighted by Crippen LogP contribution is -2.62. The van der Waals surface area contributed by atoms with E-state index in [1.807, 2.05) is 0 Å². The van der Waals surface area contributed by atoms with Gasteiger partial charge < -0.3 is 23.7 Å². The van der Waals surface area contributed by atoms with Gasteiger partial charge in [0.1, 0.15) is 6.10 Å². The summed E-state index contributed by atoms with van der Waals surface area (Å²) in [7, 11) is 0. The van der Waals surface area contributed by atoms with E-state index in [9.17, 15) is 19.2 Å². The number of esters is 4. The van der Waals surface area contributed by atoms with Gasteiger partial charge in [0.15, 0.2) is 12.2 Å². The van der Waals surface area contributed by atoms with Gasteiger partial charge in [-0.1, -0.05) is 0 Å². The molecule has 5 atom stereocenters. The third-order valence-corrected chi connectivity index (χ3v) is 3.10. The molecular formula is C16H20O9. The van der Waals surface area contributed by atoms with Crippen LogP contribution in [0, 0.1) is 12.3 Å². The minimum Gasteiger partial charge on any atom is -0.456 e. The normalized spacial score (nSPS) is 28.2. The Hall–Kier alpha value is -2.60. The number of rotatable bonds is 5. The van der Waals surface area contributed by atoms with Gasteiger partial charge in [-0.05, 0) is 0 Å². The van der Waals surface area contributed by atoms with E-state index < -0.39 is 54.6 Å². The van der Waals surface area contributed by atoms with Crippen molar-refractivity contribution in [1.29, 1.82) is 0 Å². The maximum absolute atomic E-state index is 11.5. The highest BCUT2D eigenvalue weighted by Gasteiger charge is 2.52. The van der Waals surface area contributed by atoms with Gasteiger partial charge in [0.2, 0.25) is 12.4 Å². The van der Waals surface area contributed by atoms with E-state index in [1.54, 1.807) is 0 Å². The summed E-state index contributed by atoms with van der Waals surface area (Å²) < 4.78 is 26.0. The van der Waals surface area contributed by atoms with Crippen molar-refractivity contribution in [2.45, 2.75) is 64.8 Å². The predicted octanol–water partition coefficient (Wildman–Crippen LogP) is 0.0928. The Morgan fingerprint density at radius 1 is 0.800 bits per heavy atom. The molecule has 25 heavy (non-hydrogen) atoms. The van der Waals surface area contributed by atoms with Crippen molar-refractivity contribution in [3.05, 3.63) is 0 Å². The Morgan fingerprint density at radius 3 is 1.68 bits per heavy atom. The quantitative estimate of drug-likeness (QED) is 0.384. The van der Waals surface area contributed by atoms with Crippen molar-refractivity contribution in [3.63, 3.8) is 0 Å². The molecule has 1 saturated heterocycles. The molecule has 0 radical (unpaired) electrons. The lowest BCUT2D eigenvalue weighted by Gasteiger charge is -2.43. The van der Waals surface area contributed by atoms with Crippen LogP contribution >= 0.6 is 0 Å². The first-order chi connectivity index (χ1) is 11.6. The molecule has 0 spiro atoms. The van der Waals surface area contributed by atoms with Crippen LogP contribution in [0.25, 0.3) is 0 Å². The molecule has 0 aromatic rings. The van der Waals surface area contributed by atoms with E-state index in [1.165, 1.54) is 0 Å². The smallest absolute Gasteiger partial charge is 0.305 e. The Morgan fingerprint density at radius 2 is 1.24 bits per heavy atom. The van der Waals surface area contributed by atoms with E-state index in [0.29, 0.717) is 0 Å². The third-order valence-electron chi connectivity index (χ3n) is 3.10. The molecule has 0 saturated carbocycles. The number of hydrogen-bond donors (Lipinski definition) is 0. The van der Waals surface area contributed by atoms with Gasteiger partial charge in [0.05, 0.1) is 0 Å². The zero-order valence-corrected chi connectivity index (χ0v) is 14.3. The summed E-state index contributed by atoms with van der Waals surface area (Å²) in [4.78, 5) is 45.6. The number of terminal acetylenes is 1. The van der Waals surface area contributed by atoms with Crippen molar-refractivity contribution in [3.8, 4) is 12.3 Å². The number of carbonyl (C=O) groups is 4. The number of hydrogen-bond acceptors (Lipinski definition) is 9. The zero-order valence-electron chi connectivity index (χ0n) is 14.3. The zero-order chi connectivity index (χ0) is 19.1. The first kappa shape index (κ1) is 20.4. The van der Waals surface area contributed by atoms with Crippen LogP contribution < -0.4 is 0 Å². The minimum atomic E-state index is -1.38. The third kappa shape index (κ3) is 6.08. The Balaban J connectivity index is 3.28. The summed E-state index contributed by atoms with van der Waals surface area (Å²) in [6, 6.07) is 0. The van der Waals surface area contributed by atoms with Crippen LogP contribution in [0.2, 0.25) is 0 Å². The predicted molar refractivity (Wildman–Crippen MR) is 80.5 cm³/mol.